The quantitative estimate of drug-likeness (QED) is 0.743. The van der Waals surface area contributed by atoms with Gasteiger partial charge in [-0.15, -0.1) is 0 Å². The molecule has 0 unspecified atom stereocenters. The molecule has 2 aromatic rings. The van der Waals surface area contributed by atoms with Gasteiger partial charge in [0.1, 0.15) is 5.69 Å². The Balaban J connectivity index is 1.94. The van der Waals surface area contributed by atoms with Gasteiger partial charge in [-0.25, -0.2) is 9.78 Å². The number of para-hydroxylation sites is 1. The number of anilines is 1. The van der Waals surface area contributed by atoms with Crippen LogP contribution in [0.15, 0.2) is 48.7 Å². The van der Waals surface area contributed by atoms with E-state index in [1.807, 2.05) is 13.8 Å². The van der Waals surface area contributed by atoms with Crippen LogP contribution in [0, 0.1) is 5.92 Å². The zero-order valence-corrected chi connectivity index (χ0v) is 14.7. The summed E-state index contributed by atoms with van der Waals surface area (Å²) in [5.41, 5.74) is 0.818. The number of amides is 2. The number of hydrogen-bond donors (Lipinski definition) is 2. The number of benzene rings is 1. The number of ether oxygens (including phenoxy) is 1. The molecule has 2 rings (SSSR count). The fourth-order valence-corrected chi connectivity index (χ4v) is 2.06. The number of aromatic nitrogens is 1. The molecule has 2 N–H and O–H groups in total. The Hall–Kier alpha value is -3.22. The van der Waals surface area contributed by atoms with Crippen molar-refractivity contribution in [1.82, 2.24) is 10.3 Å². The van der Waals surface area contributed by atoms with Crippen molar-refractivity contribution in [2.24, 2.45) is 5.92 Å². The maximum absolute atomic E-state index is 12.2. The molecule has 7 nitrogen and oxygen atoms in total. The zero-order valence-electron chi connectivity index (χ0n) is 14.7. The number of nitrogens with one attached hydrogen (secondary N) is 2. The summed E-state index contributed by atoms with van der Waals surface area (Å²) >= 11 is 0. The average molecular weight is 355 g/mol. The van der Waals surface area contributed by atoms with Crippen molar-refractivity contribution < 1.29 is 19.1 Å². The van der Waals surface area contributed by atoms with Gasteiger partial charge in [-0.3, -0.25) is 9.59 Å². The van der Waals surface area contributed by atoms with Crippen LogP contribution in [-0.2, 0) is 9.53 Å². The van der Waals surface area contributed by atoms with E-state index in [0.717, 1.165) is 0 Å². The number of pyridine rings is 1. The molecule has 0 aliphatic rings. The molecule has 0 fully saturated rings. The molecular weight excluding hydrogens is 334 g/mol. The van der Waals surface area contributed by atoms with Gasteiger partial charge >= 0.3 is 5.97 Å². The van der Waals surface area contributed by atoms with E-state index in [1.54, 1.807) is 36.4 Å². The molecule has 1 aromatic carbocycles. The molecular formula is C19H21N3O4. The Kier molecular flexibility index (Phi) is 6.84. The lowest BCUT2D eigenvalue weighted by Gasteiger charge is -2.12. The van der Waals surface area contributed by atoms with E-state index in [0.29, 0.717) is 23.7 Å². The maximum Gasteiger partial charge on any atom is 0.357 e. The Morgan fingerprint density at radius 3 is 2.50 bits per heavy atom. The van der Waals surface area contributed by atoms with Gasteiger partial charge in [-0.1, -0.05) is 32.0 Å². The van der Waals surface area contributed by atoms with E-state index in [4.69, 9.17) is 4.74 Å². The van der Waals surface area contributed by atoms with Crippen molar-refractivity contribution in [2.75, 3.05) is 18.5 Å². The Morgan fingerprint density at radius 2 is 1.81 bits per heavy atom. The van der Waals surface area contributed by atoms with Crippen molar-refractivity contribution in [3.05, 3.63) is 59.9 Å². The first kappa shape index (κ1) is 19.1. The smallest absolute Gasteiger partial charge is 0.357 e. The molecule has 0 saturated carbocycles. The Labute approximate surface area is 151 Å². The average Bonchev–Trinajstić information content (AvgIpc) is 2.65. The largest absolute Gasteiger partial charge is 0.451 e. The van der Waals surface area contributed by atoms with Crippen LogP contribution >= 0.6 is 0 Å². The van der Waals surface area contributed by atoms with Gasteiger partial charge < -0.3 is 15.4 Å². The minimum absolute atomic E-state index is 0.119. The Bertz CT molecular complexity index is 775. The van der Waals surface area contributed by atoms with E-state index in [-0.39, 0.29) is 11.6 Å². The van der Waals surface area contributed by atoms with Crippen LogP contribution in [0.2, 0.25) is 0 Å². The molecule has 0 aliphatic carbocycles. The second-order valence-corrected chi connectivity index (χ2v) is 5.99. The topological polar surface area (TPSA) is 97.4 Å². The van der Waals surface area contributed by atoms with Crippen molar-refractivity contribution in [2.45, 2.75) is 13.8 Å². The summed E-state index contributed by atoms with van der Waals surface area (Å²) in [6.07, 6.45) is 1.46. The summed E-state index contributed by atoms with van der Waals surface area (Å²) in [4.78, 5) is 39.9. The molecule has 0 atom stereocenters. The monoisotopic (exact) mass is 355 g/mol. The summed E-state index contributed by atoms with van der Waals surface area (Å²) in [6, 6.07) is 11.5. The van der Waals surface area contributed by atoms with E-state index in [2.05, 4.69) is 15.6 Å². The molecule has 2 amide bonds. The van der Waals surface area contributed by atoms with E-state index in [9.17, 15) is 14.4 Å². The summed E-state index contributed by atoms with van der Waals surface area (Å²) in [5.74, 6) is -1.20. The van der Waals surface area contributed by atoms with E-state index >= 15 is 0 Å². The lowest BCUT2D eigenvalue weighted by molar-refractivity contribution is -0.119. The van der Waals surface area contributed by atoms with Gasteiger partial charge in [0, 0.05) is 12.7 Å². The van der Waals surface area contributed by atoms with Crippen LogP contribution < -0.4 is 10.6 Å². The zero-order chi connectivity index (χ0) is 18.9. The molecule has 0 bridgehead atoms. The predicted molar refractivity (Wildman–Crippen MR) is 96.8 cm³/mol. The third kappa shape index (κ3) is 5.70. The SMILES string of the molecule is CC(C)CNC(=O)c1ccccc1NC(=O)COC(=O)c1ccccn1. The number of hydrogen-bond acceptors (Lipinski definition) is 5. The normalized spacial score (nSPS) is 10.3. The van der Waals surface area contributed by atoms with Crippen molar-refractivity contribution >= 4 is 23.5 Å². The van der Waals surface area contributed by atoms with Gasteiger partial charge in [0.15, 0.2) is 6.61 Å². The summed E-state index contributed by atoms with van der Waals surface area (Å²) in [7, 11) is 0. The standard InChI is InChI=1S/C19H21N3O4/c1-13(2)11-21-18(24)14-7-3-4-8-15(14)22-17(23)12-26-19(25)16-9-5-6-10-20-16/h3-10,13H,11-12H2,1-2H3,(H,21,24)(H,22,23). The summed E-state index contributed by atoms with van der Waals surface area (Å²) in [6.45, 7) is 4.04. The third-order valence-corrected chi connectivity index (χ3v) is 3.33. The molecule has 7 heteroatoms. The van der Waals surface area contributed by atoms with Gasteiger partial charge in [0.25, 0.3) is 11.8 Å². The molecule has 0 spiro atoms. The first-order valence-corrected chi connectivity index (χ1v) is 8.22. The lowest BCUT2D eigenvalue weighted by Crippen LogP contribution is -2.29. The molecule has 0 aliphatic heterocycles. The van der Waals surface area contributed by atoms with Crippen LogP contribution in [0.5, 0.6) is 0 Å². The molecule has 1 aromatic heterocycles. The summed E-state index contributed by atoms with van der Waals surface area (Å²) < 4.78 is 4.93. The predicted octanol–water partition coefficient (Wildman–Crippen LogP) is 2.26. The number of carbonyl (C=O) groups excluding carboxylic acids is 3. The third-order valence-electron chi connectivity index (χ3n) is 3.33. The molecule has 0 radical (unpaired) electrons. The van der Waals surface area contributed by atoms with Crippen LogP contribution in [0.1, 0.15) is 34.7 Å². The maximum atomic E-state index is 12.2. The number of esters is 1. The fourth-order valence-electron chi connectivity index (χ4n) is 2.06. The second kappa shape index (κ2) is 9.31. The summed E-state index contributed by atoms with van der Waals surface area (Å²) in [5, 5.41) is 5.39. The first-order chi connectivity index (χ1) is 12.5. The van der Waals surface area contributed by atoms with E-state index < -0.39 is 18.5 Å². The highest BCUT2D eigenvalue weighted by Gasteiger charge is 2.15. The van der Waals surface area contributed by atoms with Crippen LogP contribution in [0.4, 0.5) is 5.69 Å². The highest BCUT2D eigenvalue weighted by molar-refractivity contribution is 6.04. The molecule has 136 valence electrons. The van der Waals surface area contributed by atoms with Crippen molar-refractivity contribution in [3.63, 3.8) is 0 Å². The van der Waals surface area contributed by atoms with E-state index in [1.165, 1.54) is 12.3 Å². The first-order valence-electron chi connectivity index (χ1n) is 8.22. The highest BCUT2D eigenvalue weighted by atomic mass is 16.5. The minimum atomic E-state index is -0.691. The Morgan fingerprint density at radius 1 is 1.08 bits per heavy atom. The molecule has 1 heterocycles. The van der Waals surface area contributed by atoms with Gasteiger partial charge in [-0.2, -0.15) is 0 Å². The number of nitrogens with zero attached hydrogens (tertiary/aromatic N) is 1. The second-order valence-electron chi connectivity index (χ2n) is 5.99. The van der Waals surface area contributed by atoms with Crippen LogP contribution in [-0.4, -0.2) is 35.9 Å². The van der Waals surface area contributed by atoms with Gasteiger partial charge in [0.2, 0.25) is 0 Å². The lowest BCUT2D eigenvalue weighted by atomic mass is 10.1. The van der Waals surface area contributed by atoms with Crippen LogP contribution in [0.3, 0.4) is 0 Å². The number of carbonyl (C=O) groups is 3. The highest BCUT2D eigenvalue weighted by Crippen LogP contribution is 2.15. The molecule has 26 heavy (non-hydrogen) atoms. The van der Waals surface area contributed by atoms with Gasteiger partial charge in [-0.05, 0) is 30.2 Å². The minimum Gasteiger partial charge on any atom is -0.451 e. The molecule has 0 saturated heterocycles. The van der Waals surface area contributed by atoms with Crippen molar-refractivity contribution in [3.8, 4) is 0 Å². The van der Waals surface area contributed by atoms with Gasteiger partial charge in [0.05, 0.1) is 11.3 Å². The number of rotatable bonds is 7. The fraction of sp³-hybridized carbons (Fsp3) is 0.263. The van der Waals surface area contributed by atoms with Crippen LogP contribution in [0.25, 0.3) is 0 Å². The van der Waals surface area contributed by atoms with Crippen molar-refractivity contribution in [1.29, 1.82) is 0 Å².